The van der Waals surface area contributed by atoms with Gasteiger partial charge in [0.25, 0.3) is 11.8 Å². The van der Waals surface area contributed by atoms with E-state index in [0.29, 0.717) is 42.3 Å². The van der Waals surface area contributed by atoms with E-state index in [1.54, 1.807) is 24.3 Å². The number of amides is 2. The Morgan fingerprint density at radius 2 is 1.44 bits per heavy atom. The maximum Gasteiger partial charge on any atom is 0.262 e. The quantitative estimate of drug-likeness (QED) is 0.639. The minimum atomic E-state index is -0.336. The summed E-state index contributed by atoms with van der Waals surface area (Å²) in [5.41, 5.74) is 1.82. The monoisotopic (exact) mass is 367 g/mol. The molecule has 0 aliphatic carbocycles. The lowest BCUT2D eigenvalue weighted by Crippen LogP contribution is -2.34. The molecule has 0 unspecified atom stereocenters. The van der Waals surface area contributed by atoms with E-state index >= 15 is 0 Å². The molecule has 3 rings (SSSR count). The van der Waals surface area contributed by atoms with Crippen molar-refractivity contribution in [2.75, 3.05) is 13.2 Å². The van der Waals surface area contributed by atoms with Gasteiger partial charge in [-0.05, 0) is 50.1 Å². The third-order valence-corrected chi connectivity index (χ3v) is 4.65. The number of carbonyl (C=O) groups is 2. The van der Waals surface area contributed by atoms with Gasteiger partial charge in [0.05, 0.1) is 30.4 Å². The highest BCUT2D eigenvalue weighted by Gasteiger charge is 2.40. The number of imide groups is 1. The number of benzene rings is 2. The molecule has 5 nitrogen and oxygen atoms in total. The molecule has 2 aromatic carbocycles. The highest BCUT2D eigenvalue weighted by Crippen LogP contribution is 2.38. The minimum absolute atomic E-state index is 0.235. The lowest BCUT2D eigenvalue weighted by Gasteiger charge is -2.27. The zero-order valence-electron chi connectivity index (χ0n) is 16.0. The Labute approximate surface area is 159 Å². The molecule has 0 bridgehead atoms. The number of carbonyl (C=O) groups excluding carboxylic acids is 2. The van der Waals surface area contributed by atoms with E-state index in [2.05, 4.69) is 0 Å². The largest absolute Gasteiger partial charge is 0.490 e. The summed E-state index contributed by atoms with van der Waals surface area (Å²) in [4.78, 5) is 27.2. The highest BCUT2D eigenvalue weighted by molar-refractivity contribution is 6.21. The number of rotatable bonds is 8. The topological polar surface area (TPSA) is 55.8 Å². The van der Waals surface area contributed by atoms with Gasteiger partial charge in [-0.2, -0.15) is 0 Å². The van der Waals surface area contributed by atoms with Crippen LogP contribution in [-0.4, -0.2) is 29.9 Å². The fourth-order valence-corrected chi connectivity index (χ4v) is 3.48. The van der Waals surface area contributed by atoms with Gasteiger partial charge in [-0.3, -0.25) is 14.5 Å². The summed E-state index contributed by atoms with van der Waals surface area (Å²) in [6.07, 6.45) is 1.53. The van der Waals surface area contributed by atoms with Crippen LogP contribution in [0.3, 0.4) is 0 Å². The predicted octanol–water partition coefficient (Wildman–Crippen LogP) is 4.62. The molecule has 0 saturated carbocycles. The number of hydrogen-bond acceptors (Lipinski definition) is 4. The molecule has 1 heterocycles. The van der Waals surface area contributed by atoms with Gasteiger partial charge in [-0.15, -0.1) is 0 Å². The van der Waals surface area contributed by atoms with E-state index in [4.69, 9.17) is 9.47 Å². The molecule has 1 aliphatic rings. The molecule has 0 radical (unpaired) electrons. The van der Waals surface area contributed by atoms with Crippen LogP contribution in [0.25, 0.3) is 0 Å². The summed E-state index contributed by atoms with van der Waals surface area (Å²) >= 11 is 0. The highest BCUT2D eigenvalue weighted by atomic mass is 16.5. The Morgan fingerprint density at radius 3 is 2.00 bits per heavy atom. The van der Waals surface area contributed by atoms with Crippen molar-refractivity contribution in [3.05, 3.63) is 59.2 Å². The van der Waals surface area contributed by atoms with Crippen LogP contribution < -0.4 is 9.47 Å². The van der Waals surface area contributed by atoms with Crippen LogP contribution in [0.1, 0.15) is 65.9 Å². The number of fused-ring (bicyclic) bond motifs is 1. The van der Waals surface area contributed by atoms with Crippen molar-refractivity contribution < 1.29 is 19.1 Å². The molecule has 5 heteroatoms. The van der Waals surface area contributed by atoms with Crippen molar-refractivity contribution in [2.24, 2.45) is 0 Å². The summed E-state index contributed by atoms with van der Waals surface area (Å²) in [7, 11) is 0. The Balaban J connectivity index is 2.00. The van der Waals surface area contributed by atoms with E-state index in [0.717, 1.165) is 12.0 Å². The molecule has 1 atom stereocenters. The lowest BCUT2D eigenvalue weighted by atomic mass is 10.00. The predicted molar refractivity (Wildman–Crippen MR) is 103 cm³/mol. The van der Waals surface area contributed by atoms with E-state index in [-0.39, 0.29) is 17.9 Å². The second-order valence-electron chi connectivity index (χ2n) is 6.40. The summed E-state index contributed by atoms with van der Waals surface area (Å²) in [6.45, 7) is 6.92. The Bertz CT molecular complexity index is 811. The smallest absolute Gasteiger partial charge is 0.262 e. The zero-order valence-corrected chi connectivity index (χ0v) is 16.0. The first-order valence-corrected chi connectivity index (χ1v) is 9.48. The third-order valence-electron chi connectivity index (χ3n) is 4.65. The standard InChI is InChI=1S/C22H25NO4/c1-4-9-18(15-12-13-19(26-5-2)20(14-15)27-6-3)23-21(24)16-10-7-8-11-17(16)22(23)25/h7-8,10-14,18H,4-6,9H2,1-3H3/t18-/m1/s1. The van der Waals surface area contributed by atoms with Crippen LogP contribution in [-0.2, 0) is 0 Å². The van der Waals surface area contributed by atoms with Gasteiger partial charge >= 0.3 is 0 Å². The second-order valence-corrected chi connectivity index (χ2v) is 6.40. The minimum Gasteiger partial charge on any atom is -0.490 e. The fraction of sp³-hybridized carbons (Fsp3) is 0.364. The summed E-state index contributed by atoms with van der Waals surface area (Å²) in [5, 5.41) is 0. The van der Waals surface area contributed by atoms with Crippen LogP contribution in [0.2, 0.25) is 0 Å². The van der Waals surface area contributed by atoms with Crippen LogP contribution in [0.4, 0.5) is 0 Å². The fourth-order valence-electron chi connectivity index (χ4n) is 3.48. The van der Waals surface area contributed by atoms with Crippen molar-refractivity contribution >= 4 is 11.8 Å². The average Bonchev–Trinajstić information content (AvgIpc) is 2.93. The molecular weight excluding hydrogens is 342 g/mol. The zero-order chi connectivity index (χ0) is 19.4. The van der Waals surface area contributed by atoms with E-state index in [9.17, 15) is 9.59 Å². The maximum atomic E-state index is 12.9. The summed E-state index contributed by atoms with van der Waals surface area (Å²) < 4.78 is 11.4. The molecule has 2 amide bonds. The van der Waals surface area contributed by atoms with Crippen molar-refractivity contribution in [2.45, 2.75) is 39.7 Å². The van der Waals surface area contributed by atoms with Crippen LogP contribution in [0.15, 0.2) is 42.5 Å². The van der Waals surface area contributed by atoms with Crippen molar-refractivity contribution in [3.8, 4) is 11.5 Å². The van der Waals surface area contributed by atoms with Crippen molar-refractivity contribution in [1.82, 2.24) is 4.90 Å². The summed E-state index contributed by atoms with van der Waals surface area (Å²) in [5.74, 6) is 0.831. The Kier molecular flexibility index (Phi) is 5.79. The summed E-state index contributed by atoms with van der Waals surface area (Å²) in [6, 6.07) is 12.3. The van der Waals surface area contributed by atoms with Crippen molar-refractivity contribution in [3.63, 3.8) is 0 Å². The van der Waals surface area contributed by atoms with Gasteiger partial charge in [-0.1, -0.05) is 31.5 Å². The molecule has 2 aromatic rings. The first-order valence-electron chi connectivity index (χ1n) is 9.48. The molecule has 0 aromatic heterocycles. The number of nitrogens with zero attached hydrogens (tertiary/aromatic N) is 1. The van der Waals surface area contributed by atoms with Gasteiger partial charge in [0, 0.05) is 0 Å². The Hall–Kier alpha value is -2.82. The molecular formula is C22H25NO4. The van der Waals surface area contributed by atoms with Crippen molar-refractivity contribution in [1.29, 1.82) is 0 Å². The second kappa shape index (κ2) is 8.25. The average molecular weight is 367 g/mol. The van der Waals surface area contributed by atoms with Gasteiger partial charge in [0.15, 0.2) is 11.5 Å². The SMILES string of the molecule is CCC[C@H](c1ccc(OCC)c(OCC)c1)N1C(=O)c2ccccc2C1=O. The van der Waals surface area contributed by atoms with E-state index in [1.807, 2.05) is 39.0 Å². The van der Waals surface area contributed by atoms with Gasteiger partial charge in [0.2, 0.25) is 0 Å². The third kappa shape index (κ3) is 3.54. The van der Waals surface area contributed by atoms with E-state index in [1.165, 1.54) is 4.90 Å². The number of ether oxygens (including phenoxy) is 2. The molecule has 1 aliphatic heterocycles. The van der Waals surface area contributed by atoms with Gasteiger partial charge in [0.1, 0.15) is 0 Å². The molecule has 0 fully saturated rings. The maximum absolute atomic E-state index is 12.9. The van der Waals surface area contributed by atoms with E-state index < -0.39 is 0 Å². The van der Waals surface area contributed by atoms with Crippen LogP contribution in [0.5, 0.6) is 11.5 Å². The van der Waals surface area contributed by atoms with Crippen LogP contribution >= 0.6 is 0 Å². The number of hydrogen-bond donors (Lipinski definition) is 0. The van der Waals surface area contributed by atoms with Gasteiger partial charge < -0.3 is 9.47 Å². The van der Waals surface area contributed by atoms with Gasteiger partial charge in [-0.25, -0.2) is 0 Å². The molecule has 0 N–H and O–H groups in total. The lowest BCUT2D eigenvalue weighted by molar-refractivity contribution is 0.0573. The normalized spacial score (nSPS) is 14.3. The molecule has 27 heavy (non-hydrogen) atoms. The first-order chi connectivity index (χ1) is 13.1. The molecule has 0 spiro atoms. The molecule has 142 valence electrons. The molecule has 0 saturated heterocycles. The Morgan fingerprint density at radius 1 is 0.852 bits per heavy atom. The first kappa shape index (κ1) is 19.0. The van der Waals surface area contributed by atoms with Crippen LogP contribution in [0, 0.1) is 0 Å².